The van der Waals surface area contributed by atoms with E-state index in [4.69, 9.17) is 26.2 Å². The molecule has 11 nitrogen and oxygen atoms in total. The predicted molar refractivity (Wildman–Crippen MR) is 244 cm³/mol. The second-order valence-corrected chi connectivity index (χ2v) is 18.0. The van der Waals surface area contributed by atoms with Crippen LogP contribution in [0.4, 0.5) is 8.78 Å². The first kappa shape index (κ1) is 43.8. The van der Waals surface area contributed by atoms with Crippen molar-refractivity contribution in [2.24, 2.45) is 7.05 Å². The van der Waals surface area contributed by atoms with Crippen LogP contribution in [-0.2, 0) is 36.1 Å². The lowest BCUT2D eigenvalue weighted by atomic mass is 9.98. The minimum atomic E-state index is -0.761. The average Bonchev–Trinajstić information content (AvgIpc) is 3.82. The van der Waals surface area contributed by atoms with E-state index in [0.717, 1.165) is 55.3 Å². The Morgan fingerprint density at radius 3 is 2.33 bits per heavy atom. The second-order valence-electron chi connectivity index (χ2n) is 17.5. The van der Waals surface area contributed by atoms with Gasteiger partial charge in [-0.2, -0.15) is 5.10 Å². The summed E-state index contributed by atoms with van der Waals surface area (Å²) in [5.74, 6) is 0.255. The van der Waals surface area contributed by atoms with Gasteiger partial charge in [-0.15, -0.1) is 0 Å². The highest BCUT2D eigenvalue weighted by Crippen LogP contribution is 2.42. The average molecular weight is 878 g/mol. The largest absolute Gasteiger partial charge is 0.493 e. The van der Waals surface area contributed by atoms with Crippen LogP contribution < -0.4 is 4.74 Å². The number of amides is 1. The van der Waals surface area contributed by atoms with E-state index in [9.17, 15) is 18.4 Å². The summed E-state index contributed by atoms with van der Waals surface area (Å²) in [5.41, 5.74) is 6.66. The Balaban J connectivity index is 1.09. The standard InChI is InChI=1S/C49H54ClF2N7O4/c1-29-39(52)18-19-40-45(29)53-32(4)59(40)28-42(60)57-23-20-56(21-24-57)22-25-58-46-37(16-17-38(50)44(46)43-30(2)54-55(8)31(43)3)36(47(58)48(61)63-49(5,6)7)12-10-26-62-41-13-9-11-33-27-34(51)14-15-35(33)41/h9,11,13-19,27H,10,12,20-26,28H2,1-8H3. The van der Waals surface area contributed by atoms with Crippen molar-refractivity contribution in [3.63, 3.8) is 0 Å². The molecule has 1 fully saturated rings. The smallest absolute Gasteiger partial charge is 0.355 e. The summed E-state index contributed by atoms with van der Waals surface area (Å²) in [7, 11) is 1.91. The molecule has 1 aliphatic rings. The maximum atomic E-state index is 14.6. The van der Waals surface area contributed by atoms with Crippen molar-refractivity contribution in [3.8, 4) is 16.9 Å². The first-order valence-corrected chi connectivity index (χ1v) is 21.9. The fourth-order valence-electron chi connectivity index (χ4n) is 9.00. The predicted octanol–water partition coefficient (Wildman–Crippen LogP) is 9.52. The molecular weight excluding hydrogens is 824 g/mol. The van der Waals surface area contributed by atoms with Crippen LogP contribution in [0.15, 0.2) is 60.7 Å². The van der Waals surface area contributed by atoms with E-state index in [1.807, 2.05) is 93.1 Å². The van der Waals surface area contributed by atoms with Crippen molar-refractivity contribution in [1.82, 2.24) is 33.7 Å². The molecule has 0 bridgehead atoms. The van der Waals surface area contributed by atoms with Gasteiger partial charge >= 0.3 is 5.97 Å². The molecule has 0 N–H and O–H groups in total. The van der Waals surface area contributed by atoms with Gasteiger partial charge in [-0.25, -0.2) is 18.6 Å². The van der Waals surface area contributed by atoms with Gasteiger partial charge in [-0.1, -0.05) is 29.8 Å². The number of rotatable bonds is 12. The van der Waals surface area contributed by atoms with Crippen molar-refractivity contribution in [2.45, 2.75) is 80.0 Å². The summed E-state index contributed by atoms with van der Waals surface area (Å²) in [6.07, 6.45) is 1.08. The quantitative estimate of drug-likeness (QED) is 0.0891. The molecule has 0 aliphatic carbocycles. The van der Waals surface area contributed by atoms with Gasteiger partial charge in [0.15, 0.2) is 0 Å². The number of aromatic nitrogens is 5. The number of ether oxygens (including phenoxy) is 2. The number of hydrogen-bond donors (Lipinski definition) is 0. The van der Waals surface area contributed by atoms with E-state index in [2.05, 4.69) is 14.5 Å². The third-order valence-corrected chi connectivity index (χ3v) is 12.5. The number of benzene rings is 4. The summed E-state index contributed by atoms with van der Waals surface area (Å²) in [4.78, 5) is 37.0. The number of aryl methyl sites for hydroxylation is 5. The molecule has 63 heavy (non-hydrogen) atoms. The maximum Gasteiger partial charge on any atom is 0.355 e. The minimum absolute atomic E-state index is 0.0212. The van der Waals surface area contributed by atoms with Crippen molar-refractivity contribution in [3.05, 3.63) is 111 Å². The molecule has 4 aromatic carbocycles. The lowest BCUT2D eigenvalue weighted by Gasteiger charge is -2.35. The van der Waals surface area contributed by atoms with E-state index in [0.29, 0.717) is 92.1 Å². The highest BCUT2D eigenvalue weighted by atomic mass is 35.5. The number of carbonyl (C=O) groups excluding carboxylic acids is 2. The zero-order chi connectivity index (χ0) is 44.9. The molecular formula is C49H54ClF2N7O4. The zero-order valence-electron chi connectivity index (χ0n) is 37.2. The Bertz CT molecular complexity index is 2900. The Morgan fingerprint density at radius 1 is 0.873 bits per heavy atom. The van der Waals surface area contributed by atoms with E-state index >= 15 is 0 Å². The van der Waals surface area contributed by atoms with Gasteiger partial charge in [0.05, 0.1) is 33.9 Å². The minimum Gasteiger partial charge on any atom is -0.493 e. The first-order valence-electron chi connectivity index (χ1n) is 21.5. The number of carbonyl (C=O) groups is 2. The molecule has 0 unspecified atom stereocenters. The van der Waals surface area contributed by atoms with Crippen LogP contribution >= 0.6 is 11.6 Å². The number of piperazine rings is 1. The van der Waals surface area contributed by atoms with Gasteiger partial charge in [-0.3, -0.25) is 14.4 Å². The molecule has 7 aromatic rings. The SMILES string of the molecule is Cc1nn(C)c(C)c1-c1c(Cl)ccc2c(CCCOc3cccc4cc(F)ccc34)c(C(=O)OC(C)(C)C)n(CCN3CCN(C(=O)Cn4c(C)nc5c(C)c(F)ccc54)CC3)c12. The number of fused-ring (bicyclic) bond motifs is 3. The number of hydrogen-bond acceptors (Lipinski definition) is 7. The number of halogens is 3. The summed E-state index contributed by atoms with van der Waals surface area (Å²) >= 11 is 7.18. The van der Waals surface area contributed by atoms with E-state index in [1.165, 1.54) is 18.2 Å². The Morgan fingerprint density at radius 2 is 1.62 bits per heavy atom. The van der Waals surface area contributed by atoms with E-state index in [1.54, 1.807) is 19.1 Å². The summed E-state index contributed by atoms with van der Waals surface area (Å²) in [6, 6.07) is 17.3. The molecule has 330 valence electrons. The summed E-state index contributed by atoms with van der Waals surface area (Å²) < 4.78 is 46.6. The van der Waals surface area contributed by atoms with Crippen LogP contribution in [0.25, 0.3) is 43.8 Å². The maximum absolute atomic E-state index is 14.6. The van der Waals surface area contributed by atoms with Crippen molar-refractivity contribution >= 4 is 56.2 Å². The van der Waals surface area contributed by atoms with Gasteiger partial charge in [0.2, 0.25) is 5.91 Å². The second kappa shape index (κ2) is 17.4. The Labute approximate surface area is 371 Å². The van der Waals surface area contributed by atoms with E-state index in [-0.39, 0.29) is 24.1 Å². The molecule has 4 heterocycles. The number of nitrogens with zero attached hydrogens (tertiary/aromatic N) is 7. The van der Waals surface area contributed by atoms with Crippen LogP contribution in [0.1, 0.15) is 66.0 Å². The molecule has 1 amide bonds. The molecule has 0 saturated carbocycles. The lowest BCUT2D eigenvalue weighted by molar-refractivity contribution is -0.133. The van der Waals surface area contributed by atoms with Crippen LogP contribution in [0.3, 0.4) is 0 Å². The normalized spacial score (nSPS) is 13.8. The molecule has 1 saturated heterocycles. The highest BCUT2D eigenvalue weighted by molar-refractivity contribution is 6.35. The molecule has 3 aromatic heterocycles. The molecule has 1 aliphatic heterocycles. The van der Waals surface area contributed by atoms with Gasteiger partial charge < -0.3 is 23.5 Å². The fourth-order valence-corrected chi connectivity index (χ4v) is 9.24. The molecule has 0 atom stereocenters. The molecule has 8 rings (SSSR count). The van der Waals surface area contributed by atoms with E-state index < -0.39 is 11.6 Å². The lowest BCUT2D eigenvalue weighted by Crippen LogP contribution is -2.50. The van der Waals surface area contributed by atoms with Gasteiger partial charge in [0.1, 0.15) is 41.0 Å². The van der Waals surface area contributed by atoms with Crippen molar-refractivity contribution in [2.75, 3.05) is 39.3 Å². The first-order chi connectivity index (χ1) is 30.0. The van der Waals surface area contributed by atoms with Gasteiger partial charge in [0.25, 0.3) is 0 Å². The van der Waals surface area contributed by atoms with Crippen LogP contribution in [0.2, 0.25) is 5.02 Å². The zero-order valence-corrected chi connectivity index (χ0v) is 38.0. The van der Waals surface area contributed by atoms with Gasteiger partial charge in [-0.05, 0) is 115 Å². The van der Waals surface area contributed by atoms with Crippen LogP contribution in [0.5, 0.6) is 5.75 Å². The molecule has 14 heteroatoms. The van der Waals surface area contributed by atoms with Crippen LogP contribution in [0, 0.1) is 39.3 Å². The highest BCUT2D eigenvalue weighted by Gasteiger charge is 2.31. The Hall–Kier alpha value is -5.79. The van der Waals surface area contributed by atoms with Gasteiger partial charge in [0, 0.05) is 79.5 Å². The fraction of sp³-hybridized carbons (Fsp3) is 0.388. The third kappa shape index (κ3) is 8.65. The number of esters is 1. The Kier molecular flexibility index (Phi) is 12.1. The molecule has 0 radical (unpaired) electrons. The molecule has 0 spiro atoms. The topological polar surface area (TPSA) is 99.7 Å². The monoisotopic (exact) mass is 877 g/mol. The summed E-state index contributed by atoms with van der Waals surface area (Å²) in [5, 5.41) is 7.77. The third-order valence-electron chi connectivity index (χ3n) is 12.2. The number of imidazole rings is 1. The van der Waals surface area contributed by atoms with Crippen molar-refractivity contribution in [1.29, 1.82) is 0 Å². The van der Waals surface area contributed by atoms with Crippen molar-refractivity contribution < 1.29 is 27.8 Å². The van der Waals surface area contributed by atoms with Crippen LogP contribution in [-0.4, -0.2) is 90.5 Å². The summed E-state index contributed by atoms with van der Waals surface area (Å²) in [6.45, 7) is 17.0.